The Kier molecular flexibility index (Phi) is 8.26. The molecule has 0 aromatic heterocycles. The van der Waals surface area contributed by atoms with E-state index in [0.717, 1.165) is 51.5 Å². The van der Waals surface area contributed by atoms with E-state index < -0.39 is 5.97 Å². The first-order valence-electron chi connectivity index (χ1n) is 7.70. The quantitative estimate of drug-likeness (QED) is 0.638. The highest BCUT2D eigenvalue weighted by molar-refractivity contribution is 5.78. The van der Waals surface area contributed by atoms with Crippen molar-refractivity contribution in [2.75, 3.05) is 13.2 Å². The molecule has 116 valence electrons. The second kappa shape index (κ2) is 9.75. The van der Waals surface area contributed by atoms with Crippen LogP contribution in [0.5, 0.6) is 0 Å². The van der Waals surface area contributed by atoms with E-state index in [0.29, 0.717) is 6.61 Å². The van der Waals surface area contributed by atoms with Gasteiger partial charge in [-0.3, -0.25) is 9.59 Å². The maximum atomic E-state index is 11.9. The summed E-state index contributed by atoms with van der Waals surface area (Å²) in [6.07, 6.45) is 6.86. The molecule has 0 aromatic carbocycles. The van der Waals surface area contributed by atoms with Gasteiger partial charge in [0, 0.05) is 25.5 Å². The number of hydrogen-bond acceptors (Lipinski definition) is 3. The minimum atomic E-state index is -0.719. The van der Waals surface area contributed by atoms with Crippen molar-refractivity contribution in [2.24, 2.45) is 5.92 Å². The Morgan fingerprint density at radius 1 is 1.20 bits per heavy atom. The molecule has 1 saturated heterocycles. The van der Waals surface area contributed by atoms with Crippen LogP contribution in [-0.4, -0.2) is 36.2 Å². The summed E-state index contributed by atoms with van der Waals surface area (Å²) in [6.45, 7) is 3.42. The monoisotopic (exact) mass is 285 g/mol. The van der Waals surface area contributed by atoms with Crippen molar-refractivity contribution in [2.45, 2.75) is 64.4 Å². The third-order valence-electron chi connectivity index (χ3n) is 3.72. The maximum Gasteiger partial charge on any atom is 0.303 e. The average Bonchev–Trinajstić information content (AvgIpc) is 2.41. The minimum absolute atomic E-state index is 0.106. The summed E-state index contributed by atoms with van der Waals surface area (Å²) in [5, 5.41) is 11.5. The van der Waals surface area contributed by atoms with Gasteiger partial charge in [-0.25, -0.2) is 0 Å². The molecule has 2 unspecified atom stereocenters. The van der Waals surface area contributed by atoms with E-state index >= 15 is 0 Å². The molecule has 1 aliphatic heterocycles. The maximum absolute atomic E-state index is 11.9. The molecule has 1 fully saturated rings. The molecule has 0 saturated carbocycles. The molecule has 0 radical (unpaired) electrons. The largest absolute Gasteiger partial charge is 0.481 e. The average molecular weight is 285 g/mol. The lowest BCUT2D eigenvalue weighted by molar-refractivity contribution is -0.137. The molecule has 1 rings (SSSR count). The zero-order valence-corrected chi connectivity index (χ0v) is 12.4. The first kappa shape index (κ1) is 17.0. The topological polar surface area (TPSA) is 75.6 Å². The van der Waals surface area contributed by atoms with Gasteiger partial charge in [-0.2, -0.15) is 0 Å². The Balaban J connectivity index is 1.95. The number of nitrogens with one attached hydrogen (secondary N) is 1. The van der Waals surface area contributed by atoms with Crippen LogP contribution < -0.4 is 5.32 Å². The molecule has 20 heavy (non-hydrogen) atoms. The summed E-state index contributed by atoms with van der Waals surface area (Å²) in [4.78, 5) is 22.2. The number of unbranched alkanes of at least 4 members (excludes halogenated alkanes) is 4. The molecule has 1 aliphatic rings. The van der Waals surface area contributed by atoms with Gasteiger partial charge in [0.15, 0.2) is 0 Å². The summed E-state index contributed by atoms with van der Waals surface area (Å²) >= 11 is 0. The number of hydrogen-bond donors (Lipinski definition) is 2. The van der Waals surface area contributed by atoms with Crippen LogP contribution in [0.15, 0.2) is 0 Å². The molecule has 2 atom stereocenters. The van der Waals surface area contributed by atoms with Gasteiger partial charge in [0.1, 0.15) is 0 Å². The highest BCUT2D eigenvalue weighted by atomic mass is 16.5. The molecule has 2 N–H and O–H groups in total. The first-order chi connectivity index (χ1) is 9.59. The van der Waals surface area contributed by atoms with Crippen LogP contribution in [0.25, 0.3) is 0 Å². The van der Waals surface area contributed by atoms with Gasteiger partial charge >= 0.3 is 5.97 Å². The molecular formula is C15H27NO4. The predicted molar refractivity (Wildman–Crippen MR) is 76.5 cm³/mol. The van der Waals surface area contributed by atoms with Crippen LogP contribution in [0.2, 0.25) is 0 Å². The number of carbonyl (C=O) groups excluding carboxylic acids is 1. The number of aliphatic carboxylic acids is 1. The summed E-state index contributed by atoms with van der Waals surface area (Å²) in [5.41, 5.74) is 0. The summed E-state index contributed by atoms with van der Waals surface area (Å²) in [7, 11) is 0. The van der Waals surface area contributed by atoms with Crippen LogP contribution in [-0.2, 0) is 14.3 Å². The van der Waals surface area contributed by atoms with E-state index in [9.17, 15) is 9.59 Å². The zero-order chi connectivity index (χ0) is 14.8. The molecule has 1 heterocycles. The second-order valence-corrected chi connectivity index (χ2v) is 5.61. The highest BCUT2D eigenvalue weighted by Gasteiger charge is 2.24. The molecule has 5 nitrogen and oxygen atoms in total. The van der Waals surface area contributed by atoms with Crippen LogP contribution in [0.3, 0.4) is 0 Å². The second-order valence-electron chi connectivity index (χ2n) is 5.61. The van der Waals surface area contributed by atoms with Gasteiger partial charge in [0.05, 0.1) is 6.10 Å². The van der Waals surface area contributed by atoms with Gasteiger partial charge < -0.3 is 15.2 Å². The molecule has 0 spiro atoms. The summed E-state index contributed by atoms with van der Waals surface area (Å²) in [6, 6.07) is 0. The predicted octanol–water partition coefficient (Wildman–Crippen LogP) is 2.34. The first-order valence-corrected chi connectivity index (χ1v) is 7.70. The standard InChI is InChI=1S/C15H27NO4/c1-12-11-13(8-10-20-12)15(19)16-9-6-4-2-3-5-7-14(17)18/h12-13H,2-11H2,1H3,(H,16,19)(H,17,18). The van der Waals surface area contributed by atoms with Gasteiger partial charge in [-0.05, 0) is 32.6 Å². The Hall–Kier alpha value is -1.10. The van der Waals surface area contributed by atoms with E-state index in [1.54, 1.807) is 0 Å². The molecule has 1 amide bonds. The van der Waals surface area contributed by atoms with E-state index in [1.165, 1.54) is 0 Å². The van der Waals surface area contributed by atoms with Crippen molar-refractivity contribution in [1.29, 1.82) is 0 Å². The molecule has 5 heteroatoms. The lowest BCUT2D eigenvalue weighted by Gasteiger charge is -2.26. The van der Waals surface area contributed by atoms with Crippen molar-refractivity contribution in [3.8, 4) is 0 Å². The third kappa shape index (κ3) is 7.48. The van der Waals surface area contributed by atoms with Crippen molar-refractivity contribution in [3.63, 3.8) is 0 Å². The number of carboxylic acids is 1. The lowest BCUT2D eigenvalue weighted by atomic mass is 9.95. The van der Waals surface area contributed by atoms with E-state index in [2.05, 4.69) is 5.32 Å². The number of rotatable bonds is 9. The summed E-state index contributed by atoms with van der Waals surface area (Å²) < 4.78 is 5.43. The Morgan fingerprint density at radius 3 is 2.60 bits per heavy atom. The van der Waals surface area contributed by atoms with Crippen LogP contribution in [0.4, 0.5) is 0 Å². The summed E-state index contributed by atoms with van der Waals surface area (Å²) in [5.74, 6) is -0.455. The van der Waals surface area contributed by atoms with E-state index in [1.807, 2.05) is 6.92 Å². The third-order valence-corrected chi connectivity index (χ3v) is 3.72. The van der Waals surface area contributed by atoms with Crippen molar-refractivity contribution < 1.29 is 19.4 Å². The van der Waals surface area contributed by atoms with Crippen LogP contribution >= 0.6 is 0 Å². The highest BCUT2D eigenvalue weighted by Crippen LogP contribution is 2.19. The van der Waals surface area contributed by atoms with E-state index in [-0.39, 0.29) is 24.3 Å². The Morgan fingerprint density at radius 2 is 1.90 bits per heavy atom. The van der Waals surface area contributed by atoms with Crippen molar-refractivity contribution >= 4 is 11.9 Å². The number of carbonyl (C=O) groups is 2. The van der Waals surface area contributed by atoms with Gasteiger partial charge in [0.2, 0.25) is 5.91 Å². The fourth-order valence-electron chi connectivity index (χ4n) is 2.52. The van der Waals surface area contributed by atoms with E-state index in [4.69, 9.17) is 9.84 Å². The van der Waals surface area contributed by atoms with Crippen LogP contribution in [0.1, 0.15) is 58.3 Å². The van der Waals surface area contributed by atoms with Crippen molar-refractivity contribution in [3.05, 3.63) is 0 Å². The fraction of sp³-hybridized carbons (Fsp3) is 0.867. The number of carboxylic acid groups (broad SMARTS) is 1. The Bertz CT molecular complexity index is 306. The minimum Gasteiger partial charge on any atom is -0.481 e. The number of ether oxygens (including phenoxy) is 1. The van der Waals surface area contributed by atoms with Crippen molar-refractivity contribution in [1.82, 2.24) is 5.32 Å². The van der Waals surface area contributed by atoms with Gasteiger partial charge in [0.25, 0.3) is 0 Å². The number of amides is 1. The zero-order valence-electron chi connectivity index (χ0n) is 12.4. The van der Waals surface area contributed by atoms with Crippen LogP contribution in [0, 0.1) is 5.92 Å². The molecule has 0 aromatic rings. The molecule has 0 aliphatic carbocycles. The lowest BCUT2D eigenvalue weighted by Crippen LogP contribution is -2.36. The molecule has 0 bridgehead atoms. The van der Waals surface area contributed by atoms with Gasteiger partial charge in [-0.1, -0.05) is 19.3 Å². The Labute approximate surface area is 121 Å². The molecular weight excluding hydrogens is 258 g/mol. The smallest absolute Gasteiger partial charge is 0.303 e. The fourth-order valence-corrected chi connectivity index (χ4v) is 2.52. The van der Waals surface area contributed by atoms with Gasteiger partial charge in [-0.15, -0.1) is 0 Å². The normalized spacial score (nSPS) is 22.4. The SMILES string of the molecule is CC1CC(C(=O)NCCCCCCCC(=O)O)CCO1.